The molecule has 1 atom stereocenters. The van der Waals surface area contributed by atoms with Crippen molar-refractivity contribution in [3.63, 3.8) is 0 Å². The van der Waals surface area contributed by atoms with Crippen LogP contribution < -0.4 is 4.90 Å². The van der Waals surface area contributed by atoms with Crippen molar-refractivity contribution in [3.8, 4) is 0 Å². The molecule has 0 N–H and O–H groups in total. The molecule has 1 amide bonds. The molecule has 1 aromatic heterocycles. The van der Waals surface area contributed by atoms with Crippen LogP contribution in [0.5, 0.6) is 0 Å². The Bertz CT molecular complexity index is 996. The average Bonchev–Trinajstić information content (AvgIpc) is 3.16. The summed E-state index contributed by atoms with van der Waals surface area (Å²) in [6.07, 6.45) is 0.445. The Morgan fingerprint density at radius 3 is 2.69 bits per heavy atom. The van der Waals surface area contributed by atoms with Crippen molar-refractivity contribution in [2.24, 2.45) is 0 Å². The van der Waals surface area contributed by atoms with Gasteiger partial charge >= 0.3 is 0 Å². The standard InChI is InChI=1S/C20H17BrClN3O/c1-13(21)11-25-18-5-3-2-4-17(18)23-20(25)14-10-19(26)24(12-14)16-8-6-15(22)7-9-16/h2-9,14H,1,10-12H2. The number of nitrogens with zero attached hydrogens (tertiary/aromatic N) is 3. The van der Waals surface area contributed by atoms with E-state index in [9.17, 15) is 4.79 Å². The third-order valence-corrected chi connectivity index (χ3v) is 5.14. The number of amides is 1. The van der Waals surface area contributed by atoms with Gasteiger partial charge in [0.05, 0.1) is 17.6 Å². The number of carbonyl (C=O) groups excluding carboxylic acids is 1. The quantitative estimate of drug-likeness (QED) is 0.576. The van der Waals surface area contributed by atoms with Crippen LogP contribution >= 0.6 is 27.5 Å². The van der Waals surface area contributed by atoms with Crippen LogP contribution in [-0.2, 0) is 11.3 Å². The van der Waals surface area contributed by atoms with Gasteiger partial charge in [0.25, 0.3) is 0 Å². The van der Waals surface area contributed by atoms with Crippen LogP contribution in [0.4, 0.5) is 5.69 Å². The largest absolute Gasteiger partial charge is 0.323 e. The van der Waals surface area contributed by atoms with Crippen molar-refractivity contribution < 1.29 is 4.79 Å². The van der Waals surface area contributed by atoms with Gasteiger partial charge in [-0.25, -0.2) is 4.98 Å². The van der Waals surface area contributed by atoms with Gasteiger partial charge in [-0.2, -0.15) is 0 Å². The van der Waals surface area contributed by atoms with Gasteiger partial charge in [0.15, 0.2) is 0 Å². The molecule has 1 aliphatic heterocycles. The molecular formula is C20H17BrClN3O. The molecule has 26 heavy (non-hydrogen) atoms. The fraction of sp³-hybridized carbons (Fsp3) is 0.200. The zero-order valence-corrected chi connectivity index (χ0v) is 16.4. The smallest absolute Gasteiger partial charge is 0.227 e. The third kappa shape index (κ3) is 3.17. The maximum Gasteiger partial charge on any atom is 0.227 e. The Labute approximate surface area is 165 Å². The Balaban J connectivity index is 1.71. The van der Waals surface area contributed by atoms with E-state index < -0.39 is 0 Å². The first-order chi connectivity index (χ1) is 12.5. The lowest BCUT2D eigenvalue weighted by Gasteiger charge is -2.17. The van der Waals surface area contributed by atoms with Crippen molar-refractivity contribution in [2.75, 3.05) is 11.4 Å². The van der Waals surface area contributed by atoms with E-state index in [0.29, 0.717) is 24.5 Å². The molecule has 1 unspecified atom stereocenters. The Kier molecular flexibility index (Phi) is 4.59. The summed E-state index contributed by atoms with van der Waals surface area (Å²) in [7, 11) is 0. The molecule has 0 bridgehead atoms. The fourth-order valence-electron chi connectivity index (χ4n) is 3.49. The highest BCUT2D eigenvalue weighted by Crippen LogP contribution is 2.34. The second-order valence-corrected chi connectivity index (χ2v) is 8.00. The number of hydrogen-bond acceptors (Lipinski definition) is 2. The number of rotatable bonds is 4. The number of anilines is 1. The van der Waals surface area contributed by atoms with Crippen LogP contribution in [0.15, 0.2) is 59.6 Å². The Morgan fingerprint density at radius 2 is 1.96 bits per heavy atom. The van der Waals surface area contributed by atoms with Crippen LogP contribution in [0, 0.1) is 0 Å². The van der Waals surface area contributed by atoms with Crippen molar-refractivity contribution in [3.05, 3.63) is 70.4 Å². The lowest BCUT2D eigenvalue weighted by atomic mass is 10.1. The topological polar surface area (TPSA) is 38.1 Å². The first-order valence-corrected chi connectivity index (χ1v) is 9.54. The number of halogens is 2. The van der Waals surface area contributed by atoms with Crippen LogP contribution in [0.25, 0.3) is 11.0 Å². The van der Waals surface area contributed by atoms with E-state index >= 15 is 0 Å². The molecule has 1 fully saturated rings. The van der Waals surface area contributed by atoms with Gasteiger partial charge < -0.3 is 9.47 Å². The number of aromatic nitrogens is 2. The third-order valence-electron chi connectivity index (χ3n) is 4.64. The highest BCUT2D eigenvalue weighted by Gasteiger charge is 2.34. The lowest BCUT2D eigenvalue weighted by molar-refractivity contribution is -0.117. The van der Waals surface area contributed by atoms with E-state index in [-0.39, 0.29) is 11.8 Å². The normalized spacial score (nSPS) is 17.2. The van der Waals surface area contributed by atoms with E-state index in [0.717, 1.165) is 27.0 Å². The summed E-state index contributed by atoms with van der Waals surface area (Å²) in [6, 6.07) is 15.4. The van der Waals surface area contributed by atoms with E-state index in [4.69, 9.17) is 16.6 Å². The van der Waals surface area contributed by atoms with Gasteiger partial charge in [-0.1, -0.05) is 46.2 Å². The maximum atomic E-state index is 12.6. The van der Waals surface area contributed by atoms with Gasteiger partial charge in [0.2, 0.25) is 5.91 Å². The lowest BCUT2D eigenvalue weighted by Crippen LogP contribution is -2.24. The molecular weight excluding hydrogens is 414 g/mol. The molecule has 6 heteroatoms. The molecule has 2 heterocycles. The molecule has 0 radical (unpaired) electrons. The number of carbonyl (C=O) groups is 1. The van der Waals surface area contributed by atoms with E-state index in [2.05, 4.69) is 33.1 Å². The fourth-order valence-corrected chi connectivity index (χ4v) is 3.87. The summed E-state index contributed by atoms with van der Waals surface area (Å²) < 4.78 is 3.02. The monoisotopic (exact) mass is 429 g/mol. The molecule has 0 saturated carbocycles. The maximum absolute atomic E-state index is 12.6. The molecule has 3 aromatic rings. The number of allylic oxidation sites excluding steroid dienone is 1. The minimum atomic E-state index is 0.0393. The van der Waals surface area contributed by atoms with Gasteiger partial charge in [0.1, 0.15) is 5.82 Å². The predicted molar refractivity (Wildman–Crippen MR) is 109 cm³/mol. The highest BCUT2D eigenvalue weighted by molar-refractivity contribution is 9.11. The molecule has 132 valence electrons. The first kappa shape index (κ1) is 17.3. The summed E-state index contributed by atoms with van der Waals surface area (Å²) in [5.41, 5.74) is 2.86. The summed E-state index contributed by atoms with van der Waals surface area (Å²) in [5, 5.41) is 0.662. The molecule has 1 saturated heterocycles. The van der Waals surface area contributed by atoms with Gasteiger partial charge in [-0.3, -0.25) is 4.79 Å². The molecule has 0 spiro atoms. The van der Waals surface area contributed by atoms with Crippen LogP contribution in [0.3, 0.4) is 0 Å². The predicted octanol–water partition coefficient (Wildman–Crippen LogP) is 5.12. The van der Waals surface area contributed by atoms with Gasteiger partial charge in [-0.05, 0) is 36.4 Å². The molecule has 4 nitrogen and oxygen atoms in total. The Morgan fingerprint density at radius 1 is 1.23 bits per heavy atom. The van der Waals surface area contributed by atoms with Crippen molar-refractivity contribution in [1.82, 2.24) is 9.55 Å². The summed E-state index contributed by atoms with van der Waals surface area (Å²) in [4.78, 5) is 19.3. The molecule has 1 aliphatic rings. The van der Waals surface area contributed by atoms with Crippen LogP contribution in [-0.4, -0.2) is 22.0 Å². The zero-order chi connectivity index (χ0) is 18.3. The summed E-state index contributed by atoms with van der Waals surface area (Å²) in [6.45, 7) is 5.20. The number of hydrogen-bond donors (Lipinski definition) is 0. The molecule has 2 aromatic carbocycles. The minimum Gasteiger partial charge on any atom is -0.323 e. The molecule has 4 rings (SSSR count). The van der Waals surface area contributed by atoms with E-state index in [1.165, 1.54) is 0 Å². The minimum absolute atomic E-state index is 0.0393. The number of imidazole rings is 1. The second-order valence-electron chi connectivity index (χ2n) is 6.44. The average molecular weight is 431 g/mol. The van der Waals surface area contributed by atoms with Gasteiger partial charge in [0, 0.05) is 34.1 Å². The van der Waals surface area contributed by atoms with Crippen molar-refractivity contribution in [1.29, 1.82) is 0 Å². The summed E-state index contributed by atoms with van der Waals surface area (Å²) >= 11 is 9.42. The Hall–Kier alpha value is -2.11. The first-order valence-electron chi connectivity index (χ1n) is 8.37. The van der Waals surface area contributed by atoms with E-state index in [1.54, 1.807) is 0 Å². The van der Waals surface area contributed by atoms with Crippen molar-refractivity contribution in [2.45, 2.75) is 18.9 Å². The van der Waals surface area contributed by atoms with Crippen molar-refractivity contribution >= 4 is 50.2 Å². The molecule has 0 aliphatic carbocycles. The van der Waals surface area contributed by atoms with Gasteiger partial charge in [-0.15, -0.1) is 0 Å². The van der Waals surface area contributed by atoms with Crippen LogP contribution in [0.2, 0.25) is 5.02 Å². The van der Waals surface area contributed by atoms with E-state index in [1.807, 2.05) is 47.4 Å². The number of para-hydroxylation sites is 2. The van der Waals surface area contributed by atoms with Crippen LogP contribution in [0.1, 0.15) is 18.2 Å². The summed E-state index contributed by atoms with van der Waals surface area (Å²) in [5.74, 6) is 1.07. The number of benzene rings is 2. The highest BCUT2D eigenvalue weighted by atomic mass is 79.9. The second kappa shape index (κ2) is 6.89. The zero-order valence-electron chi connectivity index (χ0n) is 14.0. The number of fused-ring (bicyclic) bond motifs is 1. The SMILES string of the molecule is C=C(Br)Cn1c(C2CC(=O)N(c3ccc(Cl)cc3)C2)nc2ccccc21.